The van der Waals surface area contributed by atoms with Crippen LogP contribution in [0.15, 0.2) is 42.5 Å². The molecular formula is C17H14ClFN2OS. The largest absolute Gasteiger partial charge is 0.489 e. The molecule has 2 aromatic carbocycles. The van der Waals surface area contributed by atoms with Crippen LogP contribution in [0.4, 0.5) is 9.52 Å². The van der Waals surface area contributed by atoms with Crippen LogP contribution in [0.25, 0.3) is 11.3 Å². The van der Waals surface area contributed by atoms with Gasteiger partial charge in [0, 0.05) is 16.0 Å². The minimum atomic E-state index is -0.373. The molecule has 3 nitrogen and oxygen atoms in total. The minimum absolute atomic E-state index is 0.0769. The molecule has 0 saturated carbocycles. The van der Waals surface area contributed by atoms with Gasteiger partial charge in [-0.25, -0.2) is 9.37 Å². The smallest absolute Gasteiger partial charge is 0.180 e. The third-order valence-electron chi connectivity index (χ3n) is 3.39. The lowest BCUT2D eigenvalue weighted by Crippen LogP contribution is -1.99. The molecule has 0 amide bonds. The van der Waals surface area contributed by atoms with Crippen LogP contribution in [-0.4, -0.2) is 4.98 Å². The molecule has 0 atom stereocenters. The highest BCUT2D eigenvalue weighted by molar-refractivity contribution is 7.15. The van der Waals surface area contributed by atoms with Crippen LogP contribution in [0.2, 0.25) is 5.02 Å². The summed E-state index contributed by atoms with van der Waals surface area (Å²) in [5.74, 6) is 0.261. The van der Waals surface area contributed by atoms with Gasteiger partial charge in [0.2, 0.25) is 0 Å². The number of hydrogen-bond donors (Lipinski definition) is 1. The second-order valence-corrected chi connectivity index (χ2v) is 6.61. The van der Waals surface area contributed by atoms with E-state index in [1.54, 1.807) is 12.1 Å². The summed E-state index contributed by atoms with van der Waals surface area (Å²) in [6, 6.07) is 12.0. The van der Waals surface area contributed by atoms with E-state index in [9.17, 15) is 4.39 Å². The number of halogens is 2. The maximum atomic E-state index is 13.7. The molecule has 23 heavy (non-hydrogen) atoms. The highest BCUT2D eigenvalue weighted by Gasteiger charge is 2.10. The highest BCUT2D eigenvalue weighted by Crippen LogP contribution is 2.30. The number of nitrogen functional groups attached to an aromatic ring is 1. The molecule has 0 bridgehead atoms. The van der Waals surface area contributed by atoms with Crippen LogP contribution in [0.1, 0.15) is 10.4 Å². The Labute approximate surface area is 142 Å². The number of anilines is 1. The fourth-order valence-electron chi connectivity index (χ4n) is 2.22. The number of rotatable bonds is 4. The van der Waals surface area contributed by atoms with Gasteiger partial charge < -0.3 is 10.5 Å². The molecule has 0 saturated heterocycles. The molecule has 0 unspecified atom stereocenters. The summed E-state index contributed by atoms with van der Waals surface area (Å²) < 4.78 is 19.3. The summed E-state index contributed by atoms with van der Waals surface area (Å²) >= 11 is 7.44. The van der Waals surface area contributed by atoms with Crippen molar-refractivity contribution in [2.24, 2.45) is 0 Å². The topological polar surface area (TPSA) is 48.1 Å². The van der Waals surface area contributed by atoms with E-state index in [2.05, 4.69) is 4.98 Å². The number of nitrogens with zero attached hydrogens (tertiary/aromatic N) is 1. The maximum Gasteiger partial charge on any atom is 0.180 e. The van der Waals surface area contributed by atoms with Gasteiger partial charge >= 0.3 is 0 Å². The first-order chi connectivity index (χ1) is 11.0. The van der Waals surface area contributed by atoms with Gasteiger partial charge in [0.05, 0.1) is 10.7 Å². The van der Waals surface area contributed by atoms with E-state index in [0.717, 1.165) is 16.1 Å². The van der Waals surface area contributed by atoms with E-state index in [1.807, 2.05) is 31.2 Å². The summed E-state index contributed by atoms with van der Waals surface area (Å²) in [5, 5.41) is 0.905. The van der Waals surface area contributed by atoms with Crippen molar-refractivity contribution in [2.45, 2.75) is 13.5 Å². The number of ether oxygens (including phenoxy) is 1. The lowest BCUT2D eigenvalue weighted by Gasteiger charge is -2.09. The molecule has 0 aliphatic rings. The number of hydrogen-bond acceptors (Lipinski definition) is 4. The number of aryl methyl sites for hydroxylation is 1. The van der Waals surface area contributed by atoms with Crippen LogP contribution in [0.5, 0.6) is 5.75 Å². The number of benzene rings is 2. The monoisotopic (exact) mass is 348 g/mol. The molecule has 0 aliphatic heterocycles. The summed E-state index contributed by atoms with van der Waals surface area (Å²) in [6.45, 7) is 2.06. The summed E-state index contributed by atoms with van der Waals surface area (Å²) in [7, 11) is 0. The van der Waals surface area contributed by atoms with Gasteiger partial charge in [-0.15, -0.1) is 11.3 Å². The van der Waals surface area contributed by atoms with Crippen molar-refractivity contribution in [2.75, 3.05) is 5.73 Å². The first-order valence-electron chi connectivity index (χ1n) is 6.93. The van der Waals surface area contributed by atoms with Gasteiger partial charge in [-0.3, -0.25) is 0 Å². The van der Waals surface area contributed by atoms with Gasteiger partial charge in [0.1, 0.15) is 18.2 Å². The van der Waals surface area contributed by atoms with E-state index in [4.69, 9.17) is 22.1 Å². The van der Waals surface area contributed by atoms with E-state index in [1.165, 1.54) is 17.4 Å². The summed E-state index contributed by atoms with van der Waals surface area (Å²) in [6.07, 6.45) is 0. The van der Waals surface area contributed by atoms with Crippen LogP contribution in [0, 0.1) is 12.7 Å². The molecule has 3 rings (SSSR count). The van der Waals surface area contributed by atoms with Gasteiger partial charge in [0.15, 0.2) is 5.13 Å². The molecular weight excluding hydrogens is 335 g/mol. The third-order valence-corrected chi connectivity index (χ3v) is 4.54. The molecule has 0 spiro atoms. The molecule has 0 radical (unpaired) electrons. The van der Waals surface area contributed by atoms with Crippen molar-refractivity contribution in [3.05, 3.63) is 63.7 Å². The van der Waals surface area contributed by atoms with E-state index in [-0.39, 0.29) is 12.4 Å². The summed E-state index contributed by atoms with van der Waals surface area (Å²) in [4.78, 5) is 5.38. The van der Waals surface area contributed by atoms with E-state index in [0.29, 0.717) is 21.5 Å². The Morgan fingerprint density at radius 3 is 2.57 bits per heavy atom. The molecule has 0 aliphatic carbocycles. The van der Waals surface area contributed by atoms with E-state index < -0.39 is 0 Å². The fourth-order valence-corrected chi connectivity index (χ4v) is 3.15. The number of nitrogens with two attached hydrogens (primary N) is 1. The average Bonchev–Trinajstić information content (AvgIpc) is 2.86. The first kappa shape index (κ1) is 15.8. The van der Waals surface area contributed by atoms with E-state index >= 15 is 0 Å². The Morgan fingerprint density at radius 2 is 1.96 bits per heavy atom. The van der Waals surface area contributed by atoms with Gasteiger partial charge in [0.25, 0.3) is 0 Å². The Bertz CT molecular complexity index is 813. The SMILES string of the molecule is Cc1sc(N)nc1-c1ccc(OCc2c(F)cccc2Cl)cc1. The van der Waals surface area contributed by atoms with Crippen molar-refractivity contribution in [1.29, 1.82) is 0 Å². The van der Waals surface area contributed by atoms with Crippen molar-refractivity contribution in [3.63, 3.8) is 0 Å². The maximum absolute atomic E-state index is 13.7. The van der Waals surface area contributed by atoms with Crippen molar-refractivity contribution in [3.8, 4) is 17.0 Å². The Morgan fingerprint density at radius 1 is 1.22 bits per heavy atom. The zero-order valence-corrected chi connectivity index (χ0v) is 13.9. The molecule has 118 valence electrons. The van der Waals surface area contributed by atoms with Crippen LogP contribution >= 0.6 is 22.9 Å². The highest BCUT2D eigenvalue weighted by atomic mass is 35.5. The Kier molecular flexibility index (Phi) is 4.50. The molecule has 0 fully saturated rings. The fraction of sp³-hybridized carbons (Fsp3) is 0.118. The van der Waals surface area contributed by atoms with Gasteiger partial charge in [-0.1, -0.05) is 17.7 Å². The predicted octanol–water partition coefficient (Wildman–Crippen LogP) is 5.07. The minimum Gasteiger partial charge on any atom is -0.489 e. The standard InChI is InChI=1S/C17H14ClFN2OS/c1-10-16(21-17(20)23-10)11-5-7-12(8-6-11)22-9-13-14(18)3-2-4-15(13)19/h2-8H,9H2,1H3,(H2,20,21). The molecule has 1 heterocycles. The van der Waals surface area contributed by atoms with Crippen molar-refractivity contribution in [1.82, 2.24) is 4.98 Å². The van der Waals surface area contributed by atoms with Crippen LogP contribution in [-0.2, 0) is 6.61 Å². The normalized spacial score (nSPS) is 10.7. The van der Waals surface area contributed by atoms with Gasteiger partial charge in [-0.05, 0) is 43.3 Å². The average molecular weight is 349 g/mol. The van der Waals surface area contributed by atoms with Crippen LogP contribution in [0.3, 0.4) is 0 Å². The molecule has 1 aromatic heterocycles. The van der Waals surface area contributed by atoms with Crippen LogP contribution < -0.4 is 10.5 Å². The molecule has 2 N–H and O–H groups in total. The third kappa shape index (κ3) is 3.46. The quantitative estimate of drug-likeness (QED) is 0.715. The Balaban J connectivity index is 1.74. The van der Waals surface area contributed by atoms with Gasteiger partial charge in [-0.2, -0.15) is 0 Å². The number of aromatic nitrogens is 1. The number of thiazole rings is 1. The van der Waals surface area contributed by atoms with Crippen molar-refractivity contribution < 1.29 is 9.13 Å². The molecule has 3 aromatic rings. The first-order valence-corrected chi connectivity index (χ1v) is 8.13. The lowest BCUT2D eigenvalue weighted by molar-refractivity contribution is 0.300. The Hall–Kier alpha value is -2.11. The second-order valence-electron chi connectivity index (χ2n) is 4.97. The zero-order valence-electron chi connectivity index (χ0n) is 12.3. The summed E-state index contributed by atoms with van der Waals surface area (Å²) in [5.41, 5.74) is 7.91. The lowest BCUT2D eigenvalue weighted by atomic mass is 10.1. The second kappa shape index (κ2) is 6.56. The molecule has 6 heteroatoms. The zero-order chi connectivity index (χ0) is 16.4. The predicted molar refractivity (Wildman–Crippen MR) is 92.4 cm³/mol. The van der Waals surface area contributed by atoms with Crippen molar-refractivity contribution >= 4 is 28.1 Å².